The van der Waals surface area contributed by atoms with Crippen LogP contribution in [0.25, 0.3) is 0 Å². The molecule has 0 amide bonds. The summed E-state index contributed by atoms with van der Waals surface area (Å²) in [5.74, 6) is 0.891. The molecule has 0 aliphatic rings. The maximum atomic E-state index is 6.35. The van der Waals surface area contributed by atoms with Gasteiger partial charge in [0.25, 0.3) is 0 Å². The Morgan fingerprint density at radius 2 is 1.67 bits per heavy atom. The monoisotopic (exact) mass is 347 g/mol. The zero-order chi connectivity index (χ0) is 15.4. The van der Waals surface area contributed by atoms with Crippen LogP contribution in [0, 0.1) is 13.8 Å². The van der Waals surface area contributed by atoms with Crippen molar-refractivity contribution in [1.82, 2.24) is 0 Å². The first-order chi connectivity index (χ1) is 10.0. The first-order valence-corrected chi connectivity index (χ1v) is 7.95. The number of methoxy groups -OCH3 is 1. The van der Waals surface area contributed by atoms with Crippen LogP contribution in [0.4, 0.5) is 0 Å². The van der Waals surface area contributed by atoms with Crippen molar-refractivity contribution in [1.29, 1.82) is 0 Å². The molecular formula is C18H22BrNO. The van der Waals surface area contributed by atoms with Crippen molar-refractivity contribution >= 4 is 15.9 Å². The fourth-order valence-corrected chi connectivity index (χ4v) is 2.70. The predicted molar refractivity (Wildman–Crippen MR) is 91.9 cm³/mol. The van der Waals surface area contributed by atoms with Gasteiger partial charge in [-0.25, -0.2) is 0 Å². The molecule has 21 heavy (non-hydrogen) atoms. The molecule has 0 fully saturated rings. The molecule has 2 nitrogen and oxygen atoms in total. The molecule has 0 spiro atoms. The van der Waals surface area contributed by atoms with Crippen LogP contribution in [0.5, 0.6) is 5.75 Å². The summed E-state index contributed by atoms with van der Waals surface area (Å²) in [5, 5.41) is 0. The normalized spacial score (nSPS) is 12.2. The molecule has 1 atom stereocenters. The summed E-state index contributed by atoms with van der Waals surface area (Å²) >= 11 is 3.60. The molecule has 2 aromatic rings. The highest BCUT2D eigenvalue weighted by atomic mass is 79.9. The summed E-state index contributed by atoms with van der Waals surface area (Å²) in [6.45, 7) is 4.22. The molecule has 0 aliphatic carbocycles. The molecule has 2 rings (SSSR count). The predicted octanol–water partition coefficient (Wildman–Crippen LogP) is 4.71. The van der Waals surface area contributed by atoms with E-state index in [2.05, 4.69) is 54.0 Å². The Hall–Kier alpha value is -1.32. The van der Waals surface area contributed by atoms with Gasteiger partial charge in [-0.1, -0.05) is 40.2 Å². The van der Waals surface area contributed by atoms with Crippen molar-refractivity contribution in [2.45, 2.75) is 32.7 Å². The van der Waals surface area contributed by atoms with E-state index in [9.17, 15) is 0 Å². The Morgan fingerprint density at radius 3 is 2.19 bits per heavy atom. The van der Waals surface area contributed by atoms with E-state index in [0.29, 0.717) is 0 Å². The van der Waals surface area contributed by atoms with Gasteiger partial charge >= 0.3 is 0 Å². The number of rotatable bonds is 5. The van der Waals surface area contributed by atoms with E-state index >= 15 is 0 Å². The minimum atomic E-state index is 0.0672. The molecule has 2 aromatic carbocycles. The average molecular weight is 348 g/mol. The third-order valence-corrected chi connectivity index (χ3v) is 5.04. The molecule has 0 aromatic heterocycles. The van der Waals surface area contributed by atoms with Gasteiger partial charge < -0.3 is 10.5 Å². The van der Waals surface area contributed by atoms with E-state index in [1.165, 1.54) is 26.7 Å². The molecule has 0 saturated carbocycles. The fraction of sp³-hybridized carbons (Fsp3) is 0.333. The number of aryl methyl sites for hydroxylation is 3. The quantitative estimate of drug-likeness (QED) is 0.850. The molecule has 0 aliphatic heterocycles. The highest BCUT2D eigenvalue weighted by molar-refractivity contribution is 9.10. The van der Waals surface area contributed by atoms with Crippen molar-refractivity contribution in [3.63, 3.8) is 0 Å². The lowest BCUT2D eigenvalue weighted by Gasteiger charge is -2.15. The zero-order valence-electron chi connectivity index (χ0n) is 12.8. The summed E-state index contributed by atoms with van der Waals surface area (Å²) in [4.78, 5) is 0. The molecule has 0 saturated heterocycles. The highest BCUT2D eigenvalue weighted by Crippen LogP contribution is 2.26. The largest absolute Gasteiger partial charge is 0.497 e. The van der Waals surface area contributed by atoms with Gasteiger partial charge in [-0.3, -0.25) is 0 Å². The topological polar surface area (TPSA) is 35.2 Å². The Morgan fingerprint density at radius 1 is 1.10 bits per heavy atom. The molecular weight excluding hydrogens is 326 g/mol. The van der Waals surface area contributed by atoms with Crippen LogP contribution in [0.1, 0.15) is 34.7 Å². The lowest BCUT2D eigenvalue weighted by molar-refractivity contribution is 0.414. The van der Waals surface area contributed by atoms with E-state index in [0.717, 1.165) is 18.6 Å². The van der Waals surface area contributed by atoms with Gasteiger partial charge in [0, 0.05) is 10.5 Å². The van der Waals surface area contributed by atoms with Crippen molar-refractivity contribution in [3.8, 4) is 5.75 Å². The summed E-state index contributed by atoms with van der Waals surface area (Å²) in [7, 11) is 1.68. The van der Waals surface area contributed by atoms with Gasteiger partial charge in [0.05, 0.1) is 7.11 Å². The molecule has 0 heterocycles. The summed E-state index contributed by atoms with van der Waals surface area (Å²) in [6.07, 6.45) is 1.91. The van der Waals surface area contributed by atoms with Gasteiger partial charge in [0.15, 0.2) is 0 Å². The molecule has 0 radical (unpaired) electrons. The van der Waals surface area contributed by atoms with Crippen LogP contribution in [0.3, 0.4) is 0 Å². The maximum absolute atomic E-state index is 6.35. The van der Waals surface area contributed by atoms with E-state index in [1.54, 1.807) is 7.11 Å². The van der Waals surface area contributed by atoms with Crippen LogP contribution in [0.15, 0.2) is 40.9 Å². The highest BCUT2D eigenvalue weighted by Gasteiger charge is 2.10. The second-order valence-electron chi connectivity index (χ2n) is 5.46. The first-order valence-electron chi connectivity index (χ1n) is 7.16. The lowest BCUT2D eigenvalue weighted by atomic mass is 9.97. The Bertz CT molecular complexity index is 584. The number of ether oxygens (including phenoxy) is 1. The third kappa shape index (κ3) is 4.08. The molecule has 112 valence electrons. The van der Waals surface area contributed by atoms with Crippen LogP contribution < -0.4 is 10.5 Å². The number of halogens is 1. The SMILES string of the molecule is COc1ccc(CCC(N)c2cc(C)c(Br)c(C)c2)cc1. The van der Waals surface area contributed by atoms with Crippen molar-refractivity contribution < 1.29 is 4.74 Å². The number of hydrogen-bond acceptors (Lipinski definition) is 2. The van der Waals surface area contributed by atoms with Gasteiger partial charge in [-0.15, -0.1) is 0 Å². The van der Waals surface area contributed by atoms with Crippen LogP contribution in [-0.2, 0) is 6.42 Å². The van der Waals surface area contributed by atoms with E-state index in [4.69, 9.17) is 10.5 Å². The molecule has 1 unspecified atom stereocenters. The number of hydrogen-bond donors (Lipinski definition) is 1. The minimum absolute atomic E-state index is 0.0672. The smallest absolute Gasteiger partial charge is 0.118 e. The van der Waals surface area contributed by atoms with Gasteiger partial charge in [0.1, 0.15) is 5.75 Å². The molecule has 3 heteroatoms. The molecule has 0 bridgehead atoms. The summed E-state index contributed by atoms with van der Waals surface area (Å²) < 4.78 is 6.35. The second kappa shape index (κ2) is 7.10. The van der Waals surface area contributed by atoms with Gasteiger partial charge in [-0.05, 0) is 61.1 Å². The standard InChI is InChI=1S/C18H22BrNO/c1-12-10-15(11-13(2)18(12)19)17(20)9-6-14-4-7-16(21-3)8-5-14/h4-5,7-8,10-11,17H,6,9,20H2,1-3H3. The van der Waals surface area contributed by atoms with Crippen LogP contribution in [0.2, 0.25) is 0 Å². The number of nitrogens with two attached hydrogens (primary N) is 1. The van der Waals surface area contributed by atoms with Crippen molar-refractivity contribution in [2.75, 3.05) is 7.11 Å². The Kier molecular flexibility index (Phi) is 5.43. The van der Waals surface area contributed by atoms with Crippen molar-refractivity contribution in [2.24, 2.45) is 5.73 Å². The fourth-order valence-electron chi connectivity index (χ4n) is 2.47. The molecule has 2 N–H and O–H groups in total. The Labute approximate surface area is 135 Å². The van der Waals surface area contributed by atoms with E-state index < -0.39 is 0 Å². The van der Waals surface area contributed by atoms with Crippen LogP contribution in [-0.4, -0.2) is 7.11 Å². The van der Waals surface area contributed by atoms with Crippen LogP contribution >= 0.6 is 15.9 Å². The van der Waals surface area contributed by atoms with Gasteiger partial charge in [0.2, 0.25) is 0 Å². The summed E-state index contributed by atoms with van der Waals surface area (Å²) in [6, 6.07) is 12.6. The average Bonchev–Trinajstić information content (AvgIpc) is 2.50. The number of benzene rings is 2. The second-order valence-corrected chi connectivity index (χ2v) is 6.25. The first kappa shape index (κ1) is 16.1. The Balaban J connectivity index is 2.02. The summed E-state index contributed by atoms with van der Waals surface area (Å²) in [5.41, 5.74) is 11.3. The van der Waals surface area contributed by atoms with Gasteiger partial charge in [-0.2, -0.15) is 0 Å². The van der Waals surface area contributed by atoms with E-state index in [1.807, 2.05) is 12.1 Å². The third-order valence-electron chi connectivity index (χ3n) is 3.79. The zero-order valence-corrected chi connectivity index (χ0v) is 14.4. The van der Waals surface area contributed by atoms with E-state index in [-0.39, 0.29) is 6.04 Å². The van der Waals surface area contributed by atoms with Crippen molar-refractivity contribution in [3.05, 3.63) is 63.1 Å². The lowest BCUT2D eigenvalue weighted by Crippen LogP contribution is -2.12. The minimum Gasteiger partial charge on any atom is -0.497 e. The maximum Gasteiger partial charge on any atom is 0.118 e.